The van der Waals surface area contributed by atoms with Gasteiger partial charge in [0.1, 0.15) is 0 Å². The molecule has 0 heterocycles. The molecule has 0 aliphatic rings. The largest absolute Gasteiger partial charge is 0.355 e. The molecular weight excluding hydrogens is 236 g/mol. The number of hydrogen-bond acceptors (Lipinski definition) is 2. The smallest absolute Gasteiger partial charge is 0.226 e. The molecule has 17 heavy (non-hydrogen) atoms. The highest BCUT2D eigenvalue weighted by atomic mass is 35.5. The summed E-state index contributed by atoms with van der Waals surface area (Å²) in [7, 11) is 0. The Morgan fingerprint density at radius 2 is 2.18 bits per heavy atom. The molecule has 0 aromatic heterocycles. The molecule has 3 nitrogen and oxygen atoms in total. The molecule has 94 valence electrons. The predicted molar refractivity (Wildman–Crippen MR) is 71.0 cm³/mol. The minimum atomic E-state index is -0.506. The van der Waals surface area contributed by atoms with Gasteiger partial charge in [0.25, 0.3) is 0 Å². The van der Waals surface area contributed by atoms with Crippen molar-refractivity contribution in [3.05, 3.63) is 34.9 Å². The Hall–Kier alpha value is -1.06. The second-order valence-electron chi connectivity index (χ2n) is 4.72. The fourth-order valence-corrected chi connectivity index (χ4v) is 1.56. The number of carbonyl (C=O) groups excluding carboxylic acids is 1. The molecule has 0 atom stereocenters. The summed E-state index contributed by atoms with van der Waals surface area (Å²) in [6, 6.07) is 7.64. The molecule has 4 heteroatoms. The van der Waals surface area contributed by atoms with Gasteiger partial charge in [-0.25, -0.2) is 0 Å². The number of nitrogens with two attached hydrogens (primary N) is 1. The van der Waals surface area contributed by atoms with E-state index in [1.165, 1.54) is 0 Å². The van der Waals surface area contributed by atoms with E-state index in [-0.39, 0.29) is 5.91 Å². The normalized spacial score (nSPS) is 11.3. The van der Waals surface area contributed by atoms with Crippen molar-refractivity contribution in [3.8, 4) is 0 Å². The van der Waals surface area contributed by atoms with E-state index in [0.29, 0.717) is 13.1 Å². The molecule has 0 aliphatic heterocycles. The summed E-state index contributed by atoms with van der Waals surface area (Å²) in [5, 5.41) is 3.60. The van der Waals surface area contributed by atoms with Gasteiger partial charge in [-0.15, -0.1) is 0 Å². The van der Waals surface area contributed by atoms with Gasteiger partial charge in [0.2, 0.25) is 5.91 Å². The molecule has 0 unspecified atom stereocenters. The van der Waals surface area contributed by atoms with E-state index in [0.717, 1.165) is 17.0 Å². The Bertz CT molecular complexity index is 391. The Kier molecular flexibility index (Phi) is 4.97. The summed E-state index contributed by atoms with van der Waals surface area (Å²) in [5.74, 6) is -0.0120. The first-order valence-corrected chi connectivity index (χ1v) is 6.06. The van der Waals surface area contributed by atoms with E-state index in [2.05, 4.69) is 5.32 Å². The molecule has 3 N–H and O–H groups in total. The maximum absolute atomic E-state index is 11.7. The Morgan fingerprint density at radius 1 is 1.47 bits per heavy atom. The van der Waals surface area contributed by atoms with Crippen LogP contribution in [-0.4, -0.2) is 19.0 Å². The zero-order valence-electron chi connectivity index (χ0n) is 10.3. The summed E-state index contributed by atoms with van der Waals surface area (Å²) in [4.78, 5) is 11.7. The zero-order chi connectivity index (χ0) is 12.9. The lowest BCUT2D eigenvalue weighted by molar-refractivity contribution is -0.128. The standard InChI is InChI=1S/C13H19ClN2O/c1-13(2,9-15)12(17)16-7-6-10-4-3-5-11(14)8-10/h3-5,8H,6-7,9,15H2,1-2H3,(H,16,17). The van der Waals surface area contributed by atoms with Gasteiger partial charge in [0.15, 0.2) is 0 Å². The lowest BCUT2D eigenvalue weighted by atomic mass is 9.92. The number of amides is 1. The van der Waals surface area contributed by atoms with Crippen LogP contribution in [0.2, 0.25) is 5.02 Å². The molecular formula is C13H19ClN2O. The average molecular weight is 255 g/mol. The highest BCUT2D eigenvalue weighted by molar-refractivity contribution is 6.30. The number of nitrogens with one attached hydrogen (secondary N) is 1. The first-order chi connectivity index (χ1) is 7.95. The van der Waals surface area contributed by atoms with E-state index >= 15 is 0 Å². The Balaban J connectivity index is 2.41. The van der Waals surface area contributed by atoms with E-state index < -0.39 is 5.41 Å². The van der Waals surface area contributed by atoms with Crippen LogP contribution in [-0.2, 0) is 11.2 Å². The van der Waals surface area contributed by atoms with Crippen molar-refractivity contribution in [2.24, 2.45) is 11.1 Å². The van der Waals surface area contributed by atoms with Gasteiger partial charge < -0.3 is 11.1 Å². The van der Waals surface area contributed by atoms with Crippen LogP contribution in [0.5, 0.6) is 0 Å². The van der Waals surface area contributed by atoms with Crippen LogP contribution >= 0.6 is 11.6 Å². The van der Waals surface area contributed by atoms with E-state index in [4.69, 9.17) is 17.3 Å². The van der Waals surface area contributed by atoms with Crippen LogP contribution in [0.4, 0.5) is 0 Å². The minimum absolute atomic E-state index is 0.0120. The fourth-order valence-electron chi connectivity index (χ4n) is 1.34. The SMILES string of the molecule is CC(C)(CN)C(=O)NCCc1cccc(Cl)c1. The van der Waals surface area contributed by atoms with Gasteiger partial charge in [-0.05, 0) is 38.0 Å². The second kappa shape index (κ2) is 6.03. The zero-order valence-corrected chi connectivity index (χ0v) is 11.1. The first kappa shape index (κ1) is 14.0. The van der Waals surface area contributed by atoms with Gasteiger partial charge in [-0.1, -0.05) is 23.7 Å². The molecule has 1 aromatic rings. The molecule has 1 aromatic carbocycles. The summed E-state index contributed by atoms with van der Waals surface area (Å²) in [6.45, 7) is 4.61. The third-order valence-electron chi connectivity index (χ3n) is 2.71. The van der Waals surface area contributed by atoms with Crippen molar-refractivity contribution in [2.45, 2.75) is 20.3 Å². The summed E-state index contributed by atoms with van der Waals surface area (Å²) in [5.41, 5.74) is 6.14. The minimum Gasteiger partial charge on any atom is -0.355 e. The number of hydrogen-bond donors (Lipinski definition) is 2. The molecule has 0 radical (unpaired) electrons. The topological polar surface area (TPSA) is 55.1 Å². The highest BCUT2D eigenvalue weighted by Crippen LogP contribution is 2.13. The van der Waals surface area contributed by atoms with Gasteiger partial charge in [-0.3, -0.25) is 4.79 Å². The summed E-state index contributed by atoms with van der Waals surface area (Å²) < 4.78 is 0. The van der Waals surface area contributed by atoms with Crippen molar-refractivity contribution in [1.82, 2.24) is 5.32 Å². The van der Waals surface area contributed by atoms with Gasteiger partial charge in [-0.2, -0.15) is 0 Å². The van der Waals surface area contributed by atoms with Crippen LogP contribution in [0.25, 0.3) is 0 Å². The monoisotopic (exact) mass is 254 g/mol. The molecule has 0 spiro atoms. The van der Waals surface area contributed by atoms with Crippen molar-refractivity contribution >= 4 is 17.5 Å². The molecule has 0 aliphatic carbocycles. The number of halogens is 1. The van der Waals surface area contributed by atoms with Crippen molar-refractivity contribution in [1.29, 1.82) is 0 Å². The number of carbonyl (C=O) groups is 1. The molecule has 0 saturated carbocycles. The predicted octanol–water partition coefficient (Wildman–Crippen LogP) is 1.98. The summed E-state index contributed by atoms with van der Waals surface area (Å²) >= 11 is 5.88. The van der Waals surface area contributed by atoms with Crippen LogP contribution in [0.1, 0.15) is 19.4 Å². The highest BCUT2D eigenvalue weighted by Gasteiger charge is 2.24. The Morgan fingerprint density at radius 3 is 2.76 bits per heavy atom. The van der Waals surface area contributed by atoms with Crippen LogP contribution < -0.4 is 11.1 Å². The maximum atomic E-state index is 11.7. The third kappa shape index (κ3) is 4.36. The Labute approximate surface area is 107 Å². The van der Waals surface area contributed by atoms with Crippen LogP contribution in [0.15, 0.2) is 24.3 Å². The lowest BCUT2D eigenvalue weighted by Gasteiger charge is -2.21. The first-order valence-electron chi connectivity index (χ1n) is 5.68. The van der Waals surface area contributed by atoms with E-state index in [9.17, 15) is 4.79 Å². The quantitative estimate of drug-likeness (QED) is 0.844. The van der Waals surface area contributed by atoms with E-state index in [1.54, 1.807) is 0 Å². The molecule has 0 saturated heterocycles. The van der Waals surface area contributed by atoms with Crippen molar-refractivity contribution in [2.75, 3.05) is 13.1 Å². The van der Waals surface area contributed by atoms with Gasteiger partial charge >= 0.3 is 0 Å². The van der Waals surface area contributed by atoms with Crippen molar-refractivity contribution < 1.29 is 4.79 Å². The lowest BCUT2D eigenvalue weighted by Crippen LogP contribution is -2.42. The third-order valence-corrected chi connectivity index (χ3v) is 2.95. The van der Waals surface area contributed by atoms with Crippen LogP contribution in [0, 0.1) is 5.41 Å². The molecule has 1 rings (SSSR count). The molecule has 0 fully saturated rings. The number of benzene rings is 1. The van der Waals surface area contributed by atoms with Gasteiger partial charge in [0.05, 0.1) is 5.41 Å². The average Bonchev–Trinajstić information content (AvgIpc) is 2.29. The van der Waals surface area contributed by atoms with Gasteiger partial charge in [0, 0.05) is 18.1 Å². The van der Waals surface area contributed by atoms with E-state index in [1.807, 2.05) is 38.1 Å². The van der Waals surface area contributed by atoms with Crippen LogP contribution in [0.3, 0.4) is 0 Å². The molecule has 0 bridgehead atoms. The molecule has 1 amide bonds. The fraction of sp³-hybridized carbons (Fsp3) is 0.462. The number of rotatable bonds is 5. The second-order valence-corrected chi connectivity index (χ2v) is 5.16. The maximum Gasteiger partial charge on any atom is 0.226 e. The van der Waals surface area contributed by atoms with Crippen molar-refractivity contribution in [3.63, 3.8) is 0 Å². The summed E-state index contributed by atoms with van der Waals surface area (Å²) in [6.07, 6.45) is 0.771.